The minimum Gasteiger partial charge on any atom is -0.456 e. The van der Waals surface area contributed by atoms with Crippen LogP contribution in [0.1, 0.15) is 39.5 Å². The van der Waals surface area contributed by atoms with E-state index in [0.29, 0.717) is 6.54 Å². The van der Waals surface area contributed by atoms with E-state index < -0.39 is 5.41 Å². The zero-order chi connectivity index (χ0) is 37.1. The van der Waals surface area contributed by atoms with Gasteiger partial charge in [0.2, 0.25) is 0 Å². The monoisotopic (exact) mass is 719 g/mol. The molecule has 0 saturated heterocycles. The van der Waals surface area contributed by atoms with Gasteiger partial charge in [-0.25, -0.2) is 0 Å². The number of benzene rings is 8. The number of furan rings is 1. The highest BCUT2D eigenvalue weighted by Gasteiger charge is 2.46. The first-order valence-electron chi connectivity index (χ1n) is 19.3. The molecular weight excluding hydrogens is 683 g/mol. The third-order valence-electron chi connectivity index (χ3n) is 11.7. The van der Waals surface area contributed by atoms with Crippen LogP contribution in [0.5, 0.6) is 0 Å². The number of aliphatic imine (C=N–C) groups is 1. The van der Waals surface area contributed by atoms with Crippen LogP contribution in [0.2, 0.25) is 0 Å². The predicted octanol–water partition coefficient (Wildman–Crippen LogP) is 12.4. The lowest BCUT2D eigenvalue weighted by Crippen LogP contribution is -2.28. The molecular formula is C52H37N3O. The fourth-order valence-electron chi connectivity index (χ4n) is 9.23. The van der Waals surface area contributed by atoms with E-state index in [9.17, 15) is 0 Å². The molecule has 0 bridgehead atoms. The van der Waals surface area contributed by atoms with Crippen LogP contribution in [0.4, 0.5) is 0 Å². The Morgan fingerprint density at radius 3 is 1.96 bits per heavy atom. The molecule has 8 aromatic carbocycles. The molecule has 1 aliphatic carbocycles. The summed E-state index contributed by atoms with van der Waals surface area (Å²) in [5.41, 5.74) is 13.2. The summed E-state index contributed by atoms with van der Waals surface area (Å²) in [5, 5.41) is 8.37. The predicted molar refractivity (Wildman–Crippen MR) is 230 cm³/mol. The third kappa shape index (κ3) is 4.93. The van der Waals surface area contributed by atoms with Gasteiger partial charge in [-0.15, -0.1) is 0 Å². The van der Waals surface area contributed by atoms with Gasteiger partial charge < -0.3 is 8.98 Å². The second-order valence-corrected chi connectivity index (χ2v) is 14.7. The van der Waals surface area contributed by atoms with Crippen molar-refractivity contribution >= 4 is 50.1 Å². The summed E-state index contributed by atoms with van der Waals surface area (Å²) in [6.07, 6.45) is 1.64. The number of nitrogens with one attached hydrogen (secondary N) is 1. The maximum absolute atomic E-state index is 6.56. The summed E-state index contributed by atoms with van der Waals surface area (Å²) < 4.78 is 8.84. The van der Waals surface area contributed by atoms with Crippen molar-refractivity contribution in [2.75, 3.05) is 0 Å². The summed E-state index contributed by atoms with van der Waals surface area (Å²) in [6.45, 7) is 0.648. The van der Waals surface area contributed by atoms with Crippen LogP contribution in [0.3, 0.4) is 0 Å². The van der Waals surface area contributed by atoms with Crippen molar-refractivity contribution < 1.29 is 4.42 Å². The maximum Gasteiger partial charge on any atom is 0.142 e. The van der Waals surface area contributed by atoms with E-state index in [0.717, 1.165) is 38.5 Å². The van der Waals surface area contributed by atoms with Crippen molar-refractivity contribution in [3.8, 4) is 11.1 Å². The molecule has 1 atom stereocenters. The summed E-state index contributed by atoms with van der Waals surface area (Å²) in [4.78, 5) is 5.42. The first-order chi connectivity index (χ1) is 27.8. The molecule has 1 aliphatic rings. The molecule has 11 rings (SSSR count). The van der Waals surface area contributed by atoms with Crippen LogP contribution in [0.25, 0.3) is 54.9 Å². The van der Waals surface area contributed by atoms with E-state index in [1.165, 1.54) is 49.7 Å². The molecule has 4 nitrogen and oxygen atoms in total. The molecule has 4 heteroatoms. The number of fused-ring (bicyclic) bond motifs is 9. The molecule has 0 aliphatic heterocycles. The fraction of sp³-hybridized carbons (Fsp3) is 0.0577. The topological polar surface area (TPSA) is 42.5 Å². The first-order valence-corrected chi connectivity index (χ1v) is 19.3. The molecule has 0 radical (unpaired) electrons. The van der Waals surface area contributed by atoms with Crippen LogP contribution in [0, 0.1) is 0 Å². The van der Waals surface area contributed by atoms with Crippen molar-refractivity contribution in [3.63, 3.8) is 0 Å². The maximum atomic E-state index is 6.56. The van der Waals surface area contributed by atoms with E-state index in [2.05, 4.69) is 192 Å². The Morgan fingerprint density at radius 1 is 0.536 bits per heavy atom. The normalized spacial score (nSPS) is 13.9. The molecule has 1 unspecified atom stereocenters. The summed E-state index contributed by atoms with van der Waals surface area (Å²) in [5.74, 6) is 0. The smallest absolute Gasteiger partial charge is 0.142 e. The third-order valence-corrected chi connectivity index (χ3v) is 11.7. The van der Waals surface area contributed by atoms with Gasteiger partial charge >= 0.3 is 0 Å². The highest BCUT2D eigenvalue weighted by molar-refractivity contribution is 6.14. The lowest BCUT2D eigenvalue weighted by molar-refractivity contribution is 0.547. The number of hydrogen-bond donors (Lipinski definition) is 1. The molecule has 10 aromatic rings. The quantitative estimate of drug-likeness (QED) is 0.125. The number of aromatic nitrogens is 1. The highest BCUT2D eigenvalue weighted by atomic mass is 16.3. The van der Waals surface area contributed by atoms with E-state index >= 15 is 0 Å². The van der Waals surface area contributed by atoms with Gasteiger partial charge in [-0.05, 0) is 63.2 Å². The van der Waals surface area contributed by atoms with Crippen molar-refractivity contribution in [2.45, 2.75) is 18.1 Å². The highest BCUT2D eigenvalue weighted by Crippen LogP contribution is 2.57. The minimum atomic E-state index is -0.502. The molecule has 1 N–H and O–H groups in total. The van der Waals surface area contributed by atoms with Crippen LogP contribution < -0.4 is 5.32 Å². The van der Waals surface area contributed by atoms with Gasteiger partial charge in [-0.2, -0.15) is 0 Å². The molecule has 2 aromatic heterocycles. The Hall–Kier alpha value is -7.01. The molecule has 0 fully saturated rings. The van der Waals surface area contributed by atoms with Crippen LogP contribution in [-0.2, 0) is 12.0 Å². The van der Waals surface area contributed by atoms with Crippen LogP contribution in [0.15, 0.2) is 204 Å². The number of para-hydroxylation sites is 3. The fourth-order valence-corrected chi connectivity index (χ4v) is 9.23. The van der Waals surface area contributed by atoms with Gasteiger partial charge in [0.25, 0.3) is 0 Å². The second kappa shape index (κ2) is 13.1. The van der Waals surface area contributed by atoms with Crippen molar-refractivity contribution in [1.82, 2.24) is 9.88 Å². The largest absolute Gasteiger partial charge is 0.456 e. The Balaban J connectivity index is 1.14. The molecule has 0 spiro atoms. The number of rotatable bonds is 8. The minimum absolute atomic E-state index is 0.387. The van der Waals surface area contributed by atoms with Crippen molar-refractivity contribution in [1.29, 1.82) is 0 Å². The summed E-state index contributed by atoms with van der Waals surface area (Å²) in [6, 6.07) is 69.6. The Bertz CT molecular complexity index is 3050. The van der Waals surface area contributed by atoms with E-state index in [1.807, 2.05) is 18.5 Å². The van der Waals surface area contributed by atoms with E-state index in [4.69, 9.17) is 9.41 Å². The molecule has 56 heavy (non-hydrogen) atoms. The zero-order valence-electron chi connectivity index (χ0n) is 30.6. The summed E-state index contributed by atoms with van der Waals surface area (Å²) >= 11 is 0. The average Bonchev–Trinajstić information content (AvgIpc) is 3.90. The second-order valence-electron chi connectivity index (χ2n) is 14.7. The Morgan fingerprint density at radius 2 is 1.18 bits per heavy atom. The number of nitrogens with zero attached hydrogens (tertiary/aromatic N) is 2. The molecule has 0 saturated carbocycles. The van der Waals surface area contributed by atoms with Crippen LogP contribution in [-0.4, -0.2) is 10.9 Å². The molecule has 266 valence electrons. The van der Waals surface area contributed by atoms with E-state index in [-0.39, 0.29) is 6.17 Å². The molecule has 0 amide bonds. The van der Waals surface area contributed by atoms with Gasteiger partial charge in [-0.1, -0.05) is 170 Å². The van der Waals surface area contributed by atoms with Crippen LogP contribution >= 0.6 is 0 Å². The van der Waals surface area contributed by atoms with Gasteiger partial charge in [-0.3, -0.25) is 10.3 Å². The Kier molecular flexibility index (Phi) is 7.58. The summed E-state index contributed by atoms with van der Waals surface area (Å²) in [7, 11) is 0. The van der Waals surface area contributed by atoms with Gasteiger partial charge in [0, 0.05) is 33.7 Å². The lowest BCUT2D eigenvalue weighted by Gasteiger charge is -2.33. The SMILES string of the molecule is C(=N\C(NCc1ccccc1)c1cccc2c1oc1ccccc12)/n1c2ccccc2c2cc3c(cc21)C(c1ccccc1)(c1ccccc1)c1ccccc1-3. The Labute approximate surface area is 325 Å². The van der Waals surface area contributed by atoms with E-state index in [1.54, 1.807) is 0 Å². The lowest BCUT2D eigenvalue weighted by atomic mass is 9.67. The zero-order valence-corrected chi connectivity index (χ0v) is 30.6. The standard InChI is InChI=1S/C52H37N3O/c1-4-17-35(18-5-1)33-53-51(42-27-16-26-41-40-25-12-15-30-49(40)56-50(41)42)54-34-55-47-29-14-11-24-39(47)44-31-43-38-23-10-13-28-45(38)52(46(43)32-48(44)55,36-19-6-2-7-20-36)37-21-8-3-9-22-37/h1-32,34,51,53H,33H2/b54-34+. The van der Waals surface area contributed by atoms with Gasteiger partial charge in [0.1, 0.15) is 17.3 Å². The van der Waals surface area contributed by atoms with Crippen molar-refractivity contribution in [2.24, 2.45) is 4.99 Å². The average molecular weight is 720 g/mol. The molecule has 2 heterocycles. The van der Waals surface area contributed by atoms with Gasteiger partial charge in [0.15, 0.2) is 0 Å². The van der Waals surface area contributed by atoms with Gasteiger partial charge in [0.05, 0.1) is 22.8 Å². The number of hydrogen-bond acceptors (Lipinski definition) is 3. The first kappa shape index (κ1) is 32.4. The van der Waals surface area contributed by atoms with Crippen molar-refractivity contribution in [3.05, 3.63) is 228 Å².